The van der Waals surface area contributed by atoms with Gasteiger partial charge in [0.15, 0.2) is 5.69 Å². The van der Waals surface area contributed by atoms with Crippen molar-refractivity contribution in [3.05, 3.63) is 95.3 Å². The average Bonchev–Trinajstić information content (AvgIpc) is 3.47. The van der Waals surface area contributed by atoms with Gasteiger partial charge in [-0.25, -0.2) is 4.68 Å². The van der Waals surface area contributed by atoms with Crippen molar-refractivity contribution >= 4 is 23.2 Å². The maximum Gasteiger partial charge on any atom is 0.278 e. The average molecular weight is 585 g/mol. The van der Waals surface area contributed by atoms with Gasteiger partial charge in [0.25, 0.3) is 11.8 Å². The maximum atomic E-state index is 13.5. The molecule has 0 unspecified atom stereocenters. The van der Waals surface area contributed by atoms with Crippen LogP contribution in [0, 0.1) is 12.8 Å². The van der Waals surface area contributed by atoms with E-state index in [1.807, 2.05) is 44.2 Å². The van der Waals surface area contributed by atoms with Crippen molar-refractivity contribution in [3.63, 3.8) is 0 Å². The zero-order chi connectivity index (χ0) is 30.9. The molecule has 5 rings (SSSR count). The molecule has 1 aromatic heterocycles. The Labute approximate surface area is 255 Å². The first kappa shape index (κ1) is 31.8. The Balaban J connectivity index is 0.000000767. The van der Waals surface area contributed by atoms with Gasteiger partial charge < -0.3 is 19.3 Å². The third-order valence-electron chi connectivity index (χ3n) is 8.07. The van der Waals surface area contributed by atoms with Crippen LogP contribution in [0.4, 0.5) is 5.69 Å². The van der Waals surface area contributed by atoms with Crippen LogP contribution in [0.2, 0.25) is 0 Å². The summed E-state index contributed by atoms with van der Waals surface area (Å²) in [5.41, 5.74) is 5.20. The van der Waals surface area contributed by atoms with E-state index in [-0.39, 0.29) is 11.8 Å². The number of amides is 2. The smallest absolute Gasteiger partial charge is 0.278 e. The first-order valence-electron chi connectivity index (χ1n) is 15.1. The zero-order valence-electron chi connectivity index (χ0n) is 26.1. The van der Waals surface area contributed by atoms with Gasteiger partial charge in [-0.15, -0.1) is 0 Å². The number of hydrogen-bond donors (Lipinski definition) is 0. The van der Waals surface area contributed by atoms with Crippen LogP contribution in [0.25, 0.3) is 5.70 Å². The summed E-state index contributed by atoms with van der Waals surface area (Å²) < 4.78 is 12.6. The molecule has 0 radical (unpaired) electrons. The molecule has 228 valence electrons. The lowest BCUT2D eigenvalue weighted by atomic mass is 9.88. The number of hydrogen-bond acceptors (Lipinski definition) is 5. The number of anilines is 1. The molecular formula is C35H44N4O4. The number of methoxy groups -OCH3 is 1. The topological polar surface area (TPSA) is 76.9 Å². The molecule has 2 aliphatic rings. The highest BCUT2D eigenvalue weighted by Crippen LogP contribution is 2.27. The number of rotatable bonds is 8. The summed E-state index contributed by atoms with van der Waals surface area (Å²) in [6.07, 6.45) is 8.72. The molecule has 3 aromatic rings. The van der Waals surface area contributed by atoms with Crippen LogP contribution in [0.3, 0.4) is 0 Å². The summed E-state index contributed by atoms with van der Waals surface area (Å²) in [7, 11) is 3.35. The molecule has 2 amide bonds. The van der Waals surface area contributed by atoms with Crippen LogP contribution in [-0.4, -0.2) is 67.0 Å². The van der Waals surface area contributed by atoms with Crippen molar-refractivity contribution in [2.45, 2.75) is 46.5 Å². The van der Waals surface area contributed by atoms with Gasteiger partial charge in [0.05, 0.1) is 26.0 Å². The fraction of sp³-hybridized carbons (Fsp3) is 0.400. The molecule has 2 aromatic carbocycles. The van der Waals surface area contributed by atoms with E-state index < -0.39 is 0 Å². The number of nitrogens with zero attached hydrogens (tertiary/aromatic N) is 4. The van der Waals surface area contributed by atoms with Gasteiger partial charge in [-0.1, -0.05) is 57.9 Å². The van der Waals surface area contributed by atoms with E-state index >= 15 is 0 Å². The lowest BCUT2D eigenvalue weighted by Crippen LogP contribution is -2.40. The number of aryl methyl sites for hydroxylation is 2. The largest absolute Gasteiger partial charge is 0.496 e. The number of benzene rings is 2. The third kappa shape index (κ3) is 7.62. The monoisotopic (exact) mass is 584 g/mol. The lowest BCUT2D eigenvalue weighted by molar-refractivity contribution is 0.0303. The Morgan fingerprint density at radius 2 is 1.74 bits per heavy atom. The number of aromatic nitrogens is 2. The van der Waals surface area contributed by atoms with Crippen molar-refractivity contribution in [1.82, 2.24) is 14.7 Å². The quantitative estimate of drug-likeness (QED) is 0.287. The molecule has 0 atom stereocenters. The highest BCUT2D eigenvalue weighted by Gasteiger charge is 2.22. The van der Waals surface area contributed by atoms with E-state index in [4.69, 9.17) is 14.6 Å². The van der Waals surface area contributed by atoms with Gasteiger partial charge in [0.1, 0.15) is 5.75 Å². The summed E-state index contributed by atoms with van der Waals surface area (Å²) >= 11 is 0. The summed E-state index contributed by atoms with van der Waals surface area (Å²) in [4.78, 5) is 29.5. The van der Waals surface area contributed by atoms with Crippen LogP contribution in [0.5, 0.6) is 5.75 Å². The summed E-state index contributed by atoms with van der Waals surface area (Å²) in [5.74, 6) is 1.56. The molecule has 1 aliphatic heterocycles. The summed E-state index contributed by atoms with van der Waals surface area (Å²) in [5, 5.41) is 4.70. The number of carbonyl (C=O) groups excluding carboxylic acids is 2. The Hall–Kier alpha value is -4.17. The second kappa shape index (κ2) is 14.8. The molecule has 0 spiro atoms. The van der Waals surface area contributed by atoms with Gasteiger partial charge >= 0.3 is 0 Å². The van der Waals surface area contributed by atoms with Gasteiger partial charge in [0.2, 0.25) is 0 Å². The highest BCUT2D eigenvalue weighted by atomic mass is 16.5. The molecule has 2 heterocycles. The molecule has 43 heavy (non-hydrogen) atoms. The van der Waals surface area contributed by atoms with Gasteiger partial charge in [-0.3, -0.25) is 9.59 Å². The number of carbonyl (C=O) groups is 2. The molecule has 1 saturated carbocycles. The lowest BCUT2D eigenvalue weighted by Gasteiger charge is -2.27. The normalized spacial score (nSPS) is 15.2. The standard InChI is InChI=1S/C30H34N4O4.C5H10/c1-6-8-27(23-10-9-21(3)28(19-23)37-5)34-24(7-2)20-26(31-34)30(36)32(4)25-13-11-22(12-14-25)29(35)33-15-17-38-18-16-33;1-5-3-2-4-5/h6,8-14,19-20H,1,7,15-18H2,2-5H3;5H,2-4H2,1H3/b27-8-;. The molecule has 0 N–H and O–H groups in total. The van der Waals surface area contributed by atoms with Crippen LogP contribution in [-0.2, 0) is 11.2 Å². The zero-order valence-corrected chi connectivity index (χ0v) is 26.1. The van der Waals surface area contributed by atoms with E-state index in [2.05, 4.69) is 13.5 Å². The first-order valence-corrected chi connectivity index (χ1v) is 15.1. The van der Waals surface area contributed by atoms with Crippen molar-refractivity contribution in [2.24, 2.45) is 5.92 Å². The molecule has 2 fully saturated rings. The minimum absolute atomic E-state index is 0.0329. The Morgan fingerprint density at radius 1 is 1.09 bits per heavy atom. The van der Waals surface area contributed by atoms with Crippen molar-refractivity contribution in [2.75, 3.05) is 45.4 Å². The maximum absolute atomic E-state index is 13.5. The minimum Gasteiger partial charge on any atom is -0.496 e. The van der Waals surface area contributed by atoms with Gasteiger partial charge in [-0.2, -0.15) is 5.10 Å². The Morgan fingerprint density at radius 3 is 2.30 bits per heavy atom. The second-order valence-corrected chi connectivity index (χ2v) is 11.1. The number of allylic oxidation sites excluding steroid dienone is 2. The number of morpholine rings is 1. The molecule has 8 heteroatoms. The fourth-order valence-electron chi connectivity index (χ4n) is 5.04. The number of ether oxygens (including phenoxy) is 2. The predicted octanol–water partition coefficient (Wildman–Crippen LogP) is 6.39. The van der Waals surface area contributed by atoms with Crippen LogP contribution >= 0.6 is 0 Å². The van der Waals surface area contributed by atoms with Crippen molar-refractivity contribution in [1.29, 1.82) is 0 Å². The molecule has 0 bridgehead atoms. The first-order chi connectivity index (χ1) is 20.8. The molecular weight excluding hydrogens is 540 g/mol. The van der Waals surface area contributed by atoms with Gasteiger partial charge in [-0.05, 0) is 67.3 Å². The van der Waals surface area contributed by atoms with E-state index in [1.165, 1.54) is 19.3 Å². The minimum atomic E-state index is -0.245. The second-order valence-electron chi connectivity index (χ2n) is 11.1. The highest BCUT2D eigenvalue weighted by molar-refractivity contribution is 6.05. The van der Waals surface area contributed by atoms with E-state index in [0.29, 0.717) is 49.7 Å². The van der Waals surface area contributed by atoms with E-state index in [1.54, 1.807) is 59.0 Å². The predicted molar refractivity (Wildman–Crippen MR) is 172 cm³/mol. The van der Waals surface area contributed by atoms with Crippen molar-refractivity contribution in [3.8, 4) is 5.75 Å². The summed E-state index contributed by atoms with van der Waals surface area (Å²) in [6.45, 7) is 12.5. The Bertz CT molecular complexity index is 1450. The van der Waals surface area contributed by atoms with E-state index in [0.717, 1.165) is 34.2 Å². The van der Waals surface area contributed by atoms with Crippen LogP contribution < -0.4 is 9.64 Å². The van der Waals surface area contributed by atoms with Crippen molar-refractivity contribution < 1.29 is 19.1 Å². The fourth-order valence-corrected chi connectivity index (χ4v) is 5.04. The molecule has 1 aliphatic carbocycles. The summed E-state index contributed by atoms with van der Waals surface area (Å²) in [6, 6.07) is 14.8. The van der Waals surface area contributed by atoms with Crippen LogP contribution in [0.15, 0.2) is 67.3 Å². The van der Waals surface area contributed by atoms with E-state index in [9.17, 15) is 9.59 Å². The molecule has 8 nitrogen and oxygen atoms in total. The third-order valence-corrected chi connectivity index (χ3v) is 8.07. The van der Waals surface area contributed by atoms with Crippen LogP contribution in [0.1, 0.15) is 70.8 Å². The molecule has 1 saturated heterocycles. The van der Waals surface area contributed by atoms with Gasteiger partial charge in [0, 0.05) is 42.6 Å². The Kier molecular flexibility index (Phi) is 11.0. The SMILES string of the molecule is C=C/C=C(/c1ccc(C)c(OC)c1)n1nc(C(=O)N(C)c2ccc(C(=O)N3CCOCC3)cc2)cc1CC.CC1CCC1.